The second kappa shape index (κ2) is 18.6. The van der Waals surface area contributed by atoms with Crippen molar-refractivity contribution in [1.29, 1.82) is 0 Å². The molecule has 4 N–H and O–H groups in total. The van der Waals surface area contributed by atoms with E-state index >= 15 is 0 Å². The molecule has 3 amide bonds. The molecule has 5 atom stereocenters. The maximum absolute atomic E-state index is 13.3. The molecule has 16 heteroatoms. The summed E-state index contributed by atoms with van der Waals surface area (Å²) in [5.74, 6) is -0.330. The maximum Gasteiger partial charge on any atom is 0.280 e. The van der Waals surface area contributed by atoms with E-state index in [9.17, 15) is 29.4 Å². The Bertz CT molecular complexity index is 2600. The van der Waals surface area contributed by atoms with Crippen molar-refractivity contribution in [2.24, 2.45) is 5.92 Å². The van der Waals surface area contributed by atoms with Gasteiger partial charge in [-0.1, -0.05) is 80.6 Å². The molecule has 0 radical (unpaired) electrons. The molecule has 6 aromatic rings. The Morgan fingerprint density at radius 1 is 0.828 bits per heavy atom. The van der Waals surface area contributed by atoms with Crippen molar-refractivity contribution in [2.75, 3.05) is 32.7 Å². The van der Waals surface area contributed by atoms with Crippen LogP contribution in [0.15, 0.2) is 114 Å². The number of anilines is 1. The molecule has 332 valence electrons. The summed E-state index contributed by atoms with van der Waals surface area (Å²) in [6, 6.07) is 30.8. The molecule has 4 heterocycles. The van der Waals surface area contributed by atoms with Gasteiger partial charge in [0.05, 0.1) is 37.1 Å². The summed E-state index contributed by atoms with van der Waals surface area (Å²) in [7, 11) is 3.14. The van der Waals surface area contributed by atoms with Gasteiger partial charge in [-0.15, -0.1) is 0 Å². The highest BCUT2D eigenvalue weighted by Gasteiger charge is 2.56. The molecular formula is C48H50N6O10. The van der Waals surface area contributed by atoms with Crippen LogP contribution in [-0.4, -0.2) is 104 Å². The fourth-order valence-electron chi connectivity index (χ4n) is 8.65. The molecule has 64 heavy (non-hydrogen) atoms. The number of amides is 3. The number of benzene rings is 4. The van der Waals surface area contributed by atoms with E-state index < -0.39 is 47.5 Å². The lowest BCUT2D eigenvalue weighted by Crippen LogP contribution is -2.52. The summed E-state index contributed by atoms with van der Waals surface area (Å²) in [5.41, 5.74) is 0.808. The van der Waals surface area contributed by atoms with Crippen LogP contribution in [0.4, 0.5) is 5.95 Å². The van der Waals surface area contributed by atoms with Crippen molar-refractivity contribution < 1.29 is 43.5 Å². The van der Waals surface area contributed by atoms with Crippen LogP contribution in [0.25, 0.3) is 11.2 Å². The lowest BCUT2D eigenvalue weighted by Gasteiger charge is -2.43. The summed E-state index contributed by atoms with van der Waals surface area (Å²) in [5, 5.41) is 28.3. The Hall–Kier alpha value is -6.72. The summed E-state index contributed by atoms with van der Waals surface area (Å²) in [6.45, 7) is 3.75. The van der Waals surface area contributed by atoms with E-state index in [1.165, 1.54) is 15.8 Å². The van der Waals surface area contributed by atoms with Crippen LogP contribution in [0.5, 0.6) is 11.5 Å². The fraction of sp³-hybridized carbons (Fsp3) is 0.333. The van der Waals surface area contributed by atoms with Crippen LogP contribution in [-0.2, 0) is 19.7 Å². The van der Waals surface area contributed by atoms with E-state index in [1.807, 2.05) is 54.6 Å². The third kappa shape index (κ3) is 8.05. The standard InChI is InChI=1S/C48H50N6O10/c1-28(2)42(57)51-47-50-41-36(43(58)52-47)49-27-54(41)46-39(63-26-12-6-11-25-53-44(59)34-15-9-10-16-35(34)45(53)60)37(55)38(64-46)40(56)48(29-13-7-5-8-14-29,30-17-21-32(61-3)22-18-30)31-19-23-33(62-4)24-20-31/h5,7-10,13-24,27-28,37-40,46,55-56H,6,11-12,25-26H2,1-4H3,(H2,50,51,52,57,58)/t37-,38+,39-,40?,46-/m1/s1. The quantitative estimate of drug-likeness (QED) is 0.0528. The van der Waals surface area contributed by atoms with Crippen LogP contribution in [0.2, 0.25) is 0 Å². The monoisotopic (exact) mass is 870 g/mol. The van der Waals surface area contributed by atoms with Crippen LogP contribution in [0, 0.1) is 5.92 Å². The topological polar surface area (TPSA) is 207 Å². The molecule has 0 aliphatic carbocycles. The van der Waals surface area contributed by atoms with Gasteiger partial charge in [-0.2, -0.15) is 4.98 Å². The van der Waals surface area contributed by atoms with Crippen LogP contribution in [0.3, 0.4) is 0 Å². The summed E-state index contributed by atoms with van der Waals surface area (Å²) >= 11 is 0. The Morgan fingerprint density at radius 3 is 1.98 bits per heavy atom. The van der Waals surface area contributed by atoms with Crippen LogP contribution >= 0.6 is 0 Å². The molecule has 0 saturated carbocycles. The van der Waals surface area contributed by atoms with Crippen molar-refractivity contribution in [3.8, 4) is 11.5 Å². The number of aliphatic hydroxyl groups is 2. The highest BCUT2D eigenvalue weighted by Crippen LogP contribution is 2.48. The van der Waals surface area contributed by atoms with E-state index in [4.69, 9.17) is 18.9 Å². The molecule has 2 aromatic heterocycles. The molecule has 1 fully saturated rings. The van der Waals surface area contributed by atoms with Gasteiger partial charge in [-0.25, -0.2) is 4.98 Å². The fourth-order valence-corrected chi connectivity index (χ4v) is 8.65. The largest absolute Gasteiger partial charge is 0.497 e. The number of rotatable bonds is 17. The Kier molecular flexibility index (Phi) is 12.7. The lowest BCUT2D eigenvalue weighted by atomic mass is 9.64. The number of hydrogen-bond donors (Lipinski definition) is 4. The second-order valence-corrected chi connectivity index (χ2v) is 16.1. The molecule has 2 aliphatic rings. The average molecular weight is 871 g/mol. The molecule has 8 rings (SSSR count). The number of hydrogen-bond acceptors (Lipinski definition) is 12. The number of methoxy groups -OCH3 is 2. The number of ether oxygens (including phenoxy) is 4. The van der Waals surface area contributed by atoms with Gasteiger partial charge in [-0.05, 0) is 72.4 Å². The van der Waals surface area contributed by atoms with Crippen molar-refractivity contribution in [1.82, 2.24) is 24.4 Å². The Morgan fingerprint density at radius 2 is 1.41 bits per heavy atom. The van der Waals surface area contributed by atoms with Gasteiger partial charge in [0, 0.05) is 19.1 Å². The van der Waals surface area contributed by atoms with Gasteiger partial charge < -0.3 is 29.2 Å². The number of carbonyl (C=O) groups excluding carboxylic acids is 3. The summed E-state index contributed by atoms with van der Waals surface area (Å²) in [6.07, 6.45) is -3.75. The zero-order valence-electron chi connectivity index (χ0n) is 35.8. The van der Waals surface area contributed by atoms with Gasteiger partial charge in [-0.3, -0.25) is 38.9 Å². The third-order valence-electron chi connectivity index (χ3n) is 12.0. The average Bonchev–Trinajstić information content (AvgIpc) is 3.96. The van der Waals surface area contributed by atoms with Gasteiger partial charge in [0.1, 0.15) is 35.9 Å². The molecule has 1 saturated heterocycles. The molecule has 16 nitrogen and oxygen atoms in total. The maximum atomic E-state index is 13.3. The van der Waals surface area contributed by atoms with Crippen molar-refractivity contribution >= 4 is 34.8 Å². The van der Waals surface area contributed by atoms with Crippen LogP contribution in [0.1, 0.15) is 76.7 Å². The van der Waals surface area contributed by atoms with Crippen molar-refractivity contribution in [3.63, 3.8) is 0 Å². The van der Waals surface area contributed by atoms with E-state index in [0.29, 0.717) is 58.6 Å². The number of nitrogens with one attached hydrogen (secondary N) is 2. The van der Waals surface area contributed by atoms with Crippen molar-refractivity contribution in [2.45, 2.75) is 69.2 Å². The molecule has 0 bridgehead atoms. The predicted molar refractivity (Wildman–Crippen MR) is 235 cm³/mol. The number of H-pyrrole nitrogens is 1. The number of unbranched alkanes of at least 4 members (excludes halogenated alkanes) is 2. The minimum Gasteiger partial charge on any atom is -0.497 e. The van der Waals surface area contributed by atoms with E-state index in [0.717, 1.165) is 0 Å². The van der Waals surface area contributed by atoms with E-state index in [2.05, 4.69) is 20.3 Å². The number of imidazole rings is 1. The van der Waals surface area contributed by atoms with Gasteiger partial charge in [0.25, 0.3) is 17.4 Å². The normalized spacial score (nSPS) is 19.0. The van der Waals surface area contributed by atoms with Gasteiger partial charge in [0.15, 0.2) is 17.4 Å². The smallest absolute Gasteiger partial charge is 0.280 e. The molecule has 2 aliphatic heterocycles. The molecular weight excluding hydrogens is 821 g/mol. The highest BCUT2D eigenvalue weighted by molar-refractivity contribution is 6.21. The van der Waals surface area contributed by atoms with E-state index in [1.54, 1.807) is 76.6 Å². The summed E-state index contributed by atoms with van der Waals surface area (Å²) < 4.78 is 25.8. The number of aliphatic hydroxyl groups excluding tert-OH is 2. The SMILES string of the molecule is COc1ccc(C(c2ccccc2)(c2ccc(OC)cc2)C(O)[C@H]2O[C@@H](n3cnc4c(=O)[nH]c(NC(=O)C(C)C)nc43)[C@H](OCCCCCN3C(=O)c4ccccc4C3=O)[C@@H]2O)cc1. The zero-order valence-corrected chi connectivity index (χ0v) is 35.8. The number of carbonyl (C=O) groups is 3. The number of aromatic nitrogens is 4. The Labute approximate surface area is 368 Å². The number of imide groups is 1. The first-order valence-electron chi connectivity index (χ1n) is 21.2. The zero-order chi connectivity index (χ0) is 45.1. The minimum atomic E-state index is -1.51. The Balaban J connectivity index is 1.14. The highest BCUT2D eigenvalue weighted by atomic mass is 16.6. The second-order valence-electron chi connectivity index (χ2n) is 16.1. The first kappa shape index (κ1) is 43.9. The molecule has 4 aromatic carbocycles. The number of fused-ring (bicyclic) bond motifs is 2. The minimum absolute atomic E-state index is 0.0457. The number of aromatic amines is 1. The van der Waals surface area contributed by atoms with Gasteiger partial charge in [0.2, 0.25) is 11.9 Å². The van der Waals surface area contributed by atoms with Gasteiger partial charge >= 0.3 is 0 Å². The molecule has 0 spiro atoms. The first-order chi connectivity index (χ1) is 31.0. The third-order valence-corrected chi connectivity index (χ3v) is 12.0. The predicted octanol–water partition coefficient (Wildman–Crippen LogP) is 5.24. The number of nitrogens with zero attached hydrogens (tertiary/aromatic N) is 4. The summed E-state index contributed by atoms with van der Waals surface area (Å²) in [4.78, 5) is 64.6. The van der Waals surface area contributed by atoms with Crippen LogP contribution < -0.4 is 20.3 Å². The molecule has 1 unspecified atom stereocenters. The lowest BCUT2D eigenvalue weighted by molar-refractivity contribution is -0.118. The first-order valence-corrected chi connectivity index (χ1v) is 21.2. The van der Waals surface area contributed by atoms with Crippen molar-refractivity contribution in [3.05, 3.63) is 148 Å². The van der Waals surface area contributed by atoms with E-state index in [-0.39, 0.29) is 48.0 Å².